The van der Waals surface area contributed by atoms with E-state index in [-0.39, 0.29) is 0 Å². The molecule has 0 fully saturated rings. The molecular weight excluding hydrogens is 929 g/mol. The molecule has 0 saturated carbocycles. The van der Waals surface area contributed by atoms with E-state index in [2.05, 4.69) is 296 Å². The Bertz CT molecular complexity index is 3560. The van der Waals surface area contributed by atoms with Crippen molar-refractivity contribution in [3.05, 3.63) is 289 Å². The van der Waals surface area contributed by atoms with Crippen molar-refractivity contribution in [2.24, 2.45) is 0 Å². The molecule has 0 spiro atoms. The minimum atomic E-state index is 0.772. The highest BCUT2D eigenvalue weighted by atomic mass is 14.9. The van der Waals surface area contributed by atoms with Crippen molar-refractivity contribution in [1.82, 2.24) is 19.9 Å². The third-order valence-corrected chi connectivity index (χ3v) is 14.3. The van der Waals surface area contributed by atoms with Gasteiger partial charge in [-0.25, -0.2) is 28.2 Å². The maximum atomic E-state index is 5.60. The molecule has 2 aliphatic heterocycles. The van der Waals surface area contributed by atoms with Gasteiger partial charge in [0.05, 0.1) is 22.8 Å². The Hall–Kier alpha value is -9.92. The van der Waals surface area contributed by atoms with Crippen molar-refractivity contribution in [3.63, 3.8) is 0 Å². The first-order valence-electron chi connectivity index (χ1n) is 25.9. The average molecular weight is 983 g/mol. The van der Waals surface area contributed by atoms with Gasteiger partial charge in [0.1, 0.15) is 0 Å². The normalized spacial score (nSPS) is 11.8. The minimum absolute atomic E-state index is 0.772. The molecule has 0 saturated heterocycles. The molecule has 8 heteroatoms. The van der Waals surface area contributed by atoms with Gasteiger partial charge < -0.3 is 9.97 Å². The van der Waals surface area contributed by atoms with Crippen LogP contribution in [0.4, 0.5) is 0 Å². The van der Waals surface area contributed by atoms with E-state index in [9.17, 15) is 0 Å². The van der Waals surface area contributed by atoms with Gasteiger partial charge in [0, 0.05) is 115 Å². The van der Waals surface area contributed by atoms with Crippen LogP contribution in [-0.2, 0) is 26.2 Å². The van der Waals surface area contributed by atoms with Gasteiger partial charge in [-0.2, -0.15) is 0 Å². The maximum Gasteiger partial charge on any atom is 0.173 e. The van der Waals surface area contributed by atoms with Gasteiger partial charge in [0.2, 0.25) is 0 Å². The predicted molar refractivity (Wildman–Crippen MR) is 304 cm³/mol. The minimum Gasteiger partial charge on any atom is -0.354 e. The van der Waals surface area contributed by atoms with Crippen molar-refractivity contribution in [3.8, 4) is 44.5 Å². The number of rotatable bonds is 12. The zero-order valence-corrected chi connectivity index (χ0v) is 41.9. The van der Waals surface area contributed by atoms with Gasteiger partial charge in [-0.15, -0.1) is 0 Å². The third-order valence-electron chi connectivity index (χ3n) is 14.3. The highest BCUT2D eigenvalue weighted by Gasteiger charge is 2.21. The second-order valence-corrected chi connectivity index (χ2v) is 19.5. The van der Waals surface area contributed by atoms with Crippen LogP contribution >= 0.6 is 0 Å². The first-order chi connectivity index (χ1) is 37.6. The van der Waals surface area contributed by atoms with E-state index < -0.39 is 0 Å². The number of benzene rings is 4. The largest absolute Gasteiger partial charge is 0.354 e. The molecule has 8 bridgehead atoms. The topological polar surface area (TPSA) is 72.9 Å². The molecule has 8 nitrogen and oxygen atoms in total. The summed E-state index contributed by atoms with van der Waals surface area (Å²) in [4.78, 5) is 19.1. The molecule has 0 aliphatic carbocycles. The summed E-state index contributed by atoms with van der Waals surface area (Å²) in [5.41, 5.74) is 20.5. The molecule has 0 amide bonds. The number of fused-ring (bicyclic) bond motifs is 8. The zero-order valence-electron chi connectivity index (χ0n) is 41.9. The van der Waals surface area contributed by atoms with E-state index in [4.69, 9.17) is 9.97 Å². The Kier molecular flexibility index (Phi) is 12.4. The molecule has 2 aliphatic rings. The number of hydrogen-bond acceptors (Lipinski definition) is 2. The predicted octanol–water partition coefficient (Wildman–Crippen LogP) is 12.7. The fourth-order valence-electron chi connectivity index (χ4n) is 10.5. The fourth-order valence-corrected chi connectivity index (χ4v) is 10.5. The molecule has 76 heavy (non-hydrogen) atoms. The number of pyridine rings is 4. The van der Waals surface area contributed by atoms with E-state index in [1.807, 2.05) is 0 Å². The van der Waals surface area contributed by atoms with E-state index in [1.54, 1.807) is 0 Å². The number of hydrogen-bond donors (Lipinski definition) is 2. The quantitative estimate of drug-likeness (QED) is 0.120. The van der Waals surface area contributed by atoms with E-state index in [0.29, 0.717) is 0 Å². The highest BCUT2D eigenvalue weighted by molar-refractivity contribution is 5.99. The molecule has 13 rings (SSSR count). The van der Waals surface area contributed by atoms with E-state index in [1.165, 1.54) is 22.3 Å². The summed E-state index contributed by atoms with van der Waals surface area (Å²) in [7, 11) is 0. The summed E-state index contributed by atoms with van der Waals surface area (Å²) in [6.45, 7) is 3.09. The van der Waals surface area contributed by atoms with Crippen LogP contribution in [0.15, 0.2) is 244 Å². The molecule has 11 aromatic rings. The molecule has 2 N–H and O–H groups in total. The smallest absolute Gasteiger partial charge is 0.173 e. The lowest BCUT2D eigenvalue weighted by molar-refractivity contribution is -0.688. The SMILES string of the molecule is C1=Cc2nc1c(-c1cc[n+](Cc3ccccc3)cc1)c1ccc([nH]1)c(-c1cc[n+](Cc3ccccc3)cc1)c1nc(c(-c3cc[n+](Cc4ccccc4)cc3)c3ccc([nH]3)c2-c2cc[n+](Cc3ccccc3)cc2)C=C1. The number of nitrogens with zero attached hydrogens (tertiary/aromatic N) is 6. The van der Waals surface area contributed by atoms with Crippen LogP contribution < -0.4 is 18.3 Å². The van der Waals surface area contributed by atoms with Gasteiger partial charge in [0.15, 0.2) is 75.8 Å². The first-order valence-corrected chi connectivity index (χ1v) is 25.9. The Balaban J connectivity index is 1.04. The van der Waals surface area contributed by atoms with Gasteiger partial charge in [-0.3, -0.25) is 0 Å². The number of H-pyrrole nitrogens is 2. The zero-order chi connectivity index (χ0) is 50.6. The monoisotopic (exact) mass is 982 g/mol. The van der Waals surface area contributed by atoms with E-state index in [0.717, 1.165) is 116 Å². The summed E-state index contributed by atoms with van der Waals surface area (Å²) in [6, 6.07) is 68.8. The third kappa shape index (κ3) is 9.71. The lowest BCUT2D eigenvalue weighted by Crippen LogP contribution is -2.32. The maximum absolute atomic E-state index is 5.60. The molecule has 9 heterocycles. The summed E-state index contributed by atoms with van der Waals surface area (Å²) in [5.74, 6) is 0. The highest BCUT2D eigenvalue weighted by Crippen LogP contribution is 2.38. The van der Waals surface area contributed by atoms with Crippen LogP contribution in [0.3, 0.4) is 0 Å². The average Bonchev–Trinajstić information content (AvgIpc) is 4.34. The van der Waals surface area contributed by atoms with Gasteiger partial charge >= 0.3 is 0 Å². The lowest BCUT2D eigenvalue weighted by atomic mass is 10.0. The molecule has 0 radical (unpaired) electrons. The molecule has 0 unspecified atom stereocenters. The van der Waals surface area contributed by atoms with Crippen molar-refractivity contribution in [2.45, 2.75) is 26.2 Å². The lowest BCUT2D eigenvalue weighted by Gasteiger charge is -2.07. The second-order valence-electron chi connectivity index (χ2n) is 19.5. The van der Waals surface area contributed by atoms with Crippen molar-refractivity contribution < 1.29 is 18.3 Å². The fraction of sp³-hybridized carbons (Fsp3) is 0.0588. The van der Waals surface area contributed by atoms with Crippen LogP contribution in [0.25, 0.3) is 90.9 Å². The van der Waals surface area contributed by atoms with Crippen LogP contribution in [-0.4, -0.2) is 19.9 Å². The molecule has 0 atom stereocenters. The Labute approximate surface area is 441 Å². The van der Waals surface area contributed by atoms with Crippen LogP contribution in [0.2, 0.25) is 0 Å². The van der Waals surface area contributed by atoms with Crippen LogP contribution in [0.1, 0.15) is 45.0 Å². The van der Waals surface area contributed by atoms with Crippen LogP contribution in [0, 0.1) is 0 Å². The van der Waals surface area contributed by atoms with Crippen molar-refractivity contribution in [1.29, 1.82) is 0 Å². The Morgan fingerprint density at radius 1 is 0.250 bits per heavy atom. The Morgan fingerprint density at radius 3 is 0.671 bits per heavy atom. The second kappa shape index (κ2) is 20.5. The van der Waals surface area contributed by atoms with Crippen molar-refractivity contribution in [2.75, 3.05) is 0 Å². The summed E-state index contributed by atoms with van der Waals surface area (Å²) >= 11 is 0. The van der Waals surface area contributed by atoms with Gasteiger partial charge in [-0.05, 0) is 70.8 Å². The summed E-state index contributed by atoms with van der Waals surface area (Å²) < 4.78 is 8.89. The summed E-state index contributed by atoms with van der Waals surface area (Å²) in [5, 5.41) is 0. The number of aromatic amines is 2. The Morgan fingerprint density at radius 2 is 0.461 bits per heavy atom. The first kappa shape index (κ1) is 45.9. The number of aromatic nitrogens is 8. The molecule has 7 aromatic heterocycles. The standard InChI is InChI=1S/C68H53N8/c1-5-13-49(14-6-1)45-73-37-29-53(30-38-73)65-57-21-23-59(69-57)66(54-31-39-74(40-32-54)46-50-15-7-2-8-16-50)61-25-27-63(71-61)68(56-35-43-76(44-36-56)48-52-19-11-4-12-20-52)64-28-26-62(72-64)67(60-24-22-58(65)70-60)55-33-41-75(42-34-55)47-51-17-9-3-10-18-51/h1-44H,45-48H2,(H,69,70,71,72)/q+3/p+1. The van der Waals surface area contributed by atoms with Crippen molar-refractivity contribution >= 4 is 46.4 Å². The summed E-state index contributed by atoms with van der Waals surface area (Å²) in [6.07, 6.45) is 26.0. The van der Waals surface area contributed by atoms with Crippen LogP contribution in [0.5, 0.6) is 0 Å². The van der Waals surface area contributed by atoms with Gasteiger partial charge in [-0.1, -0.05) is 121 Å². The number of nitrogens with one attached hydrogen (secondary N) is 2. The molecular formula is C68H54N8+4. The molecule has 4 aromatic carbocycles. The molecule has 362 valence electrons. The van der Waals surface area contributed by atoms with E-state index >= 15 is 0 Å². The van der Waals surface area contributed by atoms with Gasteiger partial charge in [0.25, 0.3) is 0 Å².